The molecule has 1 N–H and O–H groups in total. The lowest BCUT2D eigenvalue weighted by molar-refractivity contribution is 0.0767. The second-order valence-corrected chi connectivity index (χ2v) is 4.13. The number of nitrogens with one attached hydrogen (secondary N) is 1. The number of amides is 1. The number of nitriles is 1. The maximum atomic E-state index is 12.4. The zero-order valence-electron chi connectivity index (χ0n) is 11.7. The van der Waals surface area contributed by atoms with Gasteiger partial charge in [-0.3, -0.25) is 4.79 Å². The van der Waals surface area contributed by atoms with Crippen molar-refractivity contribution in [2.45, 2.75) is 26.7 Å². The summed E-state index contributed by atoms with van der Waals surface area (Å²) in [6.07, 6.45) is 1.13. The van der Waals surface area contributed by atoms with E-state index in [1.807, 2.05) is 19.9 Å². The Bertz CT molecular complexity index is 457. The van der Waals surface area contributed by atoms with Gasteiger partial charge in [-0.15, -0.1) is 0 Å². The van der Waals surface area contributed by atoms with Gasteiger partial charge in [0.15, 0.2) is 0 Å². The van der Waals surface area contributed by atoms with Crippen molar-refractivity contribution < 1.29 is 4.79 Å². The quantitative estimate of drug-likeness (QED) is 0.850. The maximum Gasteiger partial charge on any atom is 0.254 e. The summed E-state index contributed by atoms with van der Waals surface area (Å²) in [5.74, 6) is 0.644. The number of carbonyl (C=O) groups excluding carboxylic acids is 1. The number of hydrogen-bond donors (Lipinski definition) is 1. The Kier molecular flexibility index (Phi) is 5.80. The van der Waals surface area contributed by atoms with Gasteiger partial charge in [0, 0.05) is 31.4 Å². The van der Waals surface area contributed by atoms with E-state index in [2.05, 4.69) is 16.4 Å². The standard InChI is InChI=1S/C14H20N4O/c1-4-12-9-11(10-13(16-3)17-12)14(19)18(5-2)8-6-7-15/h9-10H,4-6,8H2,1-3H3,(H,16,17). The van der Waals surface area contributed by atoms with E-state index in [0.717, 1.165) is 12.1 Å². The lowest BCUT2D eigenvalue weighted by Gasteiger charge is -2.20. The summed E-state index contributed by atoms with van der Waals surface area (Å²) in [6, 6.07) is 5.63. The fourth-order valence-electron chi connectivity index (χ4n) is 1.79. The molecule has 5 nitrogen and oxygen atoms in total. The van der Waals surface area contributed by atoms with Crippen molar-refractivity contribution in [3.8, 4) is 6.07 Å². The molecule has 0 spiro atoms. The van der Waals surface area contributed by atoms with E-state index in [1.54, 1.807) is 18.0 Å². The van der Waals surface area contributed by atoms with Gasteiger partial charge in [0.05, 0.1) is 12.5 Å². The lowest BCUT2D eigenvalue weighted by Crippen LogP contribution is -2.31. The van der Waals surface area contributed by atoms with Gasteiger partial charge in [0.2, 0.25) is 0 Å². The van der Waals surface area contributed by atoms with Crippen LogP contribution in [0.3, 0.4) is 0 Å². The Balaban J connectivity index is 3.00. The Morgan fingerprint density at radius 1 is 1.47 bits per heavy atom. The van der Waals surface area contributed by atoms with E-state index >= 15 is 0 Å². The van der Waals surface area contributed by atoms with E-state index in [0.29, 0.717) is 30.9 Å². The van der Waals surface area contributed by atoms with Crippen molar-refractivity contribution in [3.05, 3.63) is 23.4 Å². The van der Waals surface area contributed by atoms with Crippen LogP contribution >= 0.6 is 0 Å². The van der Waals surface area contributed by atoms with Gasteiger partial charge in [-0.1, -0.05) is 6.92 Å². The van der Waals surface area contributed by atoms with Crippen molar-refractivity contribution in [2.24, 2.45) is 0 Å². The van der Waals surface area contributed by atoms with Gasteiger partial charge in [0.25, 0.3) is 5.91 Å². The molecule has 1 rings (SSSR count). The lowest BCUT2D eigenvalue weighted by atomic mass is 10.1. The molecule has 0 unspecified atom stereocenters. The fraction of sp³-hybridized carbons (Fsp3) is 0.500. The van der Waals surface area contributed by atoms with E-state index in [-0.39, 0.29) is 5.91 Å². The zero-order valence-corrected chi connectivity index (χ0v) is 11.7. The molecule has 0 aliphatic heterocycles. The summed E-state index contributed by atoms with van der Waals surface area (Å²) in [5, 5.41) is 11.6. The van der Waals surface area contributed by atoms with Crippen molar-refractivity contribution in [1.82, 2.24) is 9.88 Å². The highest BCUT2D eigenvalue weighted by Crippen LogP contribution is 2.13. The largest absolute Gasteiger partial charge is 0.373 e. The SMILES string of the molecule is CCc1cc(C(=O)N(CC)CCC#N)cc(NC)n1. The molecule has 0 aromatic carbocycles. The summed E-state index contributed by atoms with van der Waals surface area (Å²) in [7, 11) is 1.78. The second kappa shape index (κ2) is 7.37. The third-order valence-electron chi connectivity index (χ3n) is 2.91. The van der Waals surface area contributed by atoms with Crippen LogP contribution in [0.15, 0.2) is 12.1 Å². The van der Waals surface area contributed by atoms with E-state index < -0.39 is 0 Å². The third-order valence-corrected chi connectivity index (χ3v) is 2.91. The van der Waals surface area contributed by atoms with Crippen LogP contribution in [0.2, 0.25) is 0 Å². The van der Waals surface area contributed by atoms with E-state index in [1.165, 1.54) is 0 Å². The van der Waals surface area contributed by atoms with Gasteiger partial charge in [-0.05, 0) is 25.5 Å². The normalized spacial score (nSPS) is 9.79. The van der Waals surface area contributed by atoms with Gasteiger partial charge in [0.1, 0.15) is 5.82 Å². The zero-order chi connectivity index (χ0) is 14.3. The van der Waals surface area contributed by atoms with Crippen LogP contribution in [0.25, 0.3) is 0 Å². The Labute approximate surface area is 114 Å². The number of anilines is 1. The minimum Gasteiger partial charge on any atom is -0.373 e. The fourth-order valence-corrected chi connectivity index (χ4v) is 1.79. The number of nitrogens with zero attached hydrogens (tertiary/aromatic N) is 3. The predicted molar refractivity (Wildman–Crippen MR) is 75.0 cm³/mol. The van der Waals surface area contributed by atoms with Gasteiger partial charge in [-0.2, -0.15) is 5.26 Å². The monoisotopic (exact) mass is 260 g/mol. The van der Waals surface area contributed by atoms with Crippen LogP contribution < -0.4 is 5.32 Å². The van der Waals surface area contributed by atoms with Crippen LogP contribution in [0, 0.1) is 11.3 Å². The summed E-state index contributed by atoms with van der Waals surface area (Å²) in [4.78, 5) is 18.4. The molecule has 0 saturated carbocycles. The molecule has 1 aromatic heterocycles. The van der Waals surface area contributed by atoms with E-state index in [9.17, 15) is 4.79 Å². The summed E-state index contributed by atoms with van der Waals surface area (Å²) < 4.78 is 0. The minimum atomic E-state index is -0.0497. The molecule has 19 heavy (non-hydrogen) atoms. The Morgan fingerprint density at radius 2 is 2.21 bits per heavy atom. The van der Waals surface area contributed by atoms with E-state index in [4.69, 9.17) is 5.26 Å². The van der Waals surface area contributed by atoms with Gasteiger partial charge < -0.3 is 10.2 Å². The van der Waals surface area contributed by atoms with Crippen LogP contribution in [0.5, 0.6) is 0 Å². The summed E-state index contributed by atoms with van der Waals surface area (Å²) in [6.45, 7) is 4.98. The number of aromatic nitrogens is 1. The maximum absolute atomic E-state index is 12.4. The van der Waals surface area contributed by atoms with Crippen molar-refractivity contribution in [3.63, 3.8) is 0 Å². The molecular weight excluding hydrogens is 240 g/mol. The third kappa shape index (κ3) is 3.95. The Morgan fingerprint density at radius 3 is 2.74 bits per heavy atom. The van der Waals surface area contributed by atoms with Crippen LogP contribution in [-0.2, 0) is 6.42 Å². The summed E-state index contributed by atoms with van der Waals surface area (Å²) >= 11 is 0. The number of aryl methyl sites for hydroxylation is 1. The molecule has 0 aliphatic carbocycles. The summed E-state index contributed by atoms with van der Waals surface area (Å²) in [5.41, 5.74) is 1.50. The first-order chi connectivity index (χ1) is 9.15. The van der Waals surface area contributed by atoms with Crippen molar-refractivity contribution in [2.75, 3.05) is 25.5 Å². The average molecular weight is 260 g/mol. The average Bonchev–Trinajstić information content (AvgIpc) is 2.47. The highest BCUT2D eigenvalue weighted by Gasteiger charge is 2.15. The van der Waals surface area contributed by atoms with Gasteiger partial charge >= 0.3 is 0 Å². The molecule has 102 valence electrons. The molecule has 1 aromatic rings. The second-order valence-electron chi connectivity index (χ2n) is 4.13. The topological polar surface area (TPSA) is 69.0 Å². The highest BCUT2D eigenvalue weighted by molar-refractivity contribution is 5.95. The smallest absolute Gasteiger partial charge is 0.254 e. The number of hydrogen-bond acceptors (Lipinski definition) is 4. The number of pyridine rings is 1. The number of rotatable bonds is 6. The van der Waals surface area contributed by atoms with Crippen molar-refractivity contribution in [1.29, 1.82) is 5.26 Å². The van der Waals surface area contributed by atoms with Crippen molar-refractivity contribution >= 4 is 11.7 Å². The van der Waals surface area contributed by atoms with Gasteiger partial charge in [-0.25, -0.2) is 4.98 Å². The minimum absolute atomic E-state index is 0.0497. The molecular formula is C14H20N4O. The van der Waals surface area contributed by atoms with Crippen LogP contribution in [0.1, 0.15) is 36.3 Å². The van der Waals surface area contributed by atoms with Crippen LogP contribution in [0.4, 0.5) is 5.82 Å². The first-order valence-corrected chi connectivity index (χ1v) is 6.51. The molecule has 1 amide bonds. The predicted octanol–water partition coefficient (Wildman–Crippen LogP) is 2.06. The van der Waals surface area contributed by atoms with Crippen LogP contribution in [-0.4, -0.2) is 35.9 Å². The first kappa shape index (κ1) is 15.0. The molecule has 0 atom stereocenters. The molecule has 1 heterocycles. The molecule has 5 heteroatoms. The highest BCUT2D eigenvalue weighted by atomic mass is 16.2. The molecule has 0 radical (unpaired) electrons. The molecule has 0 aliphatic rings. The molecule has 0 saturated heterocycles. The first-order valence-electron chi connectivity index (χ1n) is 6.51. The Hall–Kier alpha value is -2.09. The molecule has 0 bridgehead atoms. The number of carbonyl (C=O) groups is 1. The molecule has 0 fully saturated rings.